The summed E-state index contributed by atoms with van der Waals surface area (Å²) in [6.45, 7) is 3.21. The molecule has 1 unspecified atom stereocenters. The van der Waals surface area contributed by atoms with Crippen molar-refractivity contribution in [2.24, 2.45) is 0 Å². The zero-order valence-corrected chi connectivity index (χ0v) is 12.1. The van der Waals surface area contributed by atoms with Crippen LogP contribution in [0.25, 0.3) is 0 Å². The summed E-state index contributed by atoms with van der Waals surface area (Å²) < 4.78 is 5.76. The topological polar surface area (TPSA) is 34.2 Å². The lowest BCUT2D eigenvalue weighted by atomic mass is 9.80. The highest BCUT2D eigenvalue weighted by Crippen LogP contribution is 2.48. The van der Waals surface area contributed by atoms with E-state index in [1.165, 1.54) is 34.8 Å². The molecule has 0 saturated heterocycles. The van der Waals surface area contributed by atoms with Crippen LogP contribution in [-0.4, -0.2) is 18.6 Å². The highest BCUT2D eigenvalue weighted by atomic mass is 32.1. The molecule has 1 saturated carbocycles. The zero-order chi connectivity index (χ0) is 12.6. The number of methoxy groups -OCH3 is 1. The summed E-state index contributed by atoms with van der Waals surface area (Å²) in [5.41, 5.74) is 1.29. The average molecular weight is 266 g/mol. The Morgan fingerprint density at radius 3 is 2.89 bits per heavy atom. The van der Waals surface area contributed by atoms with Crippen molar-refractivity contribution in [1.82, 2.24) is 10.3 Å². The lowest BCUT2D eigenvalue weighted by Crippen LogP contribution is -2.35. The summed E-state index contributed by atoms with van der Waals surface area (Å²) in [6.07, 6.45) is 7.21. The number of thiazole rings is 1. The van der Waals surface area contributed by atoms with Crippen molar-refractivity contribution in [2.45, 2.75) is 57.1 Å². The summed E-state index contributed by atoms with van der Waals surface area (Å²) in [7, 11) is 1.83. The summed E-state index contributed by atoms with van der Waals surface area (Å²) in [5.74, 6) is 0. The number of hydrogen-bond donors (Lipinski definition) is 1. The molecule has 1 atom stereocenters. The molecule has 100 valence electrons. The summed E-state index contributed by atoms with van der Waals surface area (Å²) >= 11 is 1.89. The first kappa shape index (κ1) is 12.6. The van der Waals surface area contributed by atoms with Gasteiger partial charge in [-0.1, -0.05) is 6.92 Å². The van der Waals surface area contributed by atoms with E-state index in [0.29, 0.717) is 6.04 Å². The van der Waals surface area contributed by atoms with Crippen LogP contribution in [0.5, 0.6) is 0 Å². The normalized spacial score (nSPS) is 25.6. The van der Waals surface area contributed by atoms with Crippen LogP contribution in [0.1, 0.15) is 60.6 Å². The molecule has 0 spiro atoms. The van der Waals surface area contributed by atoms with E-state index in [4.69, 9.17) is 9.72 Å². The third kappa shape index (κ3) is 1.91. The molecular formula is C14H22N2OS. The van der Waals surface area contributed by atoms with Crippen LogP contribution < -0.4 is 5.32 Å². The van der Waals surface area contributed by atoms with E-state index in [-0.39, 0.29) is 5.60 Å². The molecule has 4 heteroatoms. The lowest BCUT2D eigenvalue weighted by Gasteiger charge is -2.38. The molecule has 1 aromatic rings. The van der Waals surface area contributed by atoms with Gasteiger partial charge in [0.15, 0.2) is 0 Å². The maximum Gasteiger partial charge on any atom is 0.125 e. The van der Waals surface area contributed by atoms with Crippen LogP contribution in [0.3, 0.4) is 0 Å². The van der Waals surface area contributed by atoms with Gasteiger partial charge in [0.2, 0.25) is 0 Å². The first-order valence-corrected chi connectivity index (χ1v) is 7.89. The summed E-state index contributed by atoms with van der Waals surface area (Å²) in [6, 6.07) is 0.527. The van der Waals surface area contributed by atoms with Gasteiger partial charge in [0, 0.05) is 18.0 Å². The smallest absolute Gasteiger partial charge is 0.125 e. The monoisotopic (exact) mass is 266 g/mol. The molecule has 0 aliphatic heterocycles. The molecule has 1 heterocycles. The van der Waals surface area contributed by atoms with Crippen molar-refractivity contribution in [3.63, 3.8) is 0 Å². The van der Waals surface area contributed by atoms with Crippen LogP contribution >= 0.6 is 11.3 Å². The van der Waals surface area contributed by atoms with Gasteiger partial charge in [-0.2, -0.15) is 0 Å². The quantitative estimate of drug-likeness (QED) is 0.909. The number of rotatable bonds is 4. The Labute approximate surface area is 113 Å². The molecule has 0 radical (unpaired) electrons. The van der Waals surface area contributed by atoms with Crippen molar-refractivity contribution in [2.75, 3.05) is 13.7 Å². The maximum atomic E-state index is 5.76. The van der Waals surface area contributed by atoms with Gasteiger partial charge < -0.3 is 10.1 Å². The fourth-order valence-corrected chi connectivity index (χ4v) is 4.51. The molecule has 3 nitrogen and oxygen atoms in total. The third-order valence-electron chi connectivity index (χ3n) is 4.34. The first-order valence-electron chi connectivity index (χ1n) is 7.07. The highest BCUT2D eigenvalue weighted by Gasteiger charge is 2.42. The molecule has 1 aromatic heterocycles. The van der Waals surface area contributed by atoms with E-state index >= 15 is 0 Å². The van der Waals surface area contributed by atoms with Crippen molar-refractivity contribution in [3.8, 4) is 0 Å². The highest BCUT2D eigenvalue weighted by molar-refractivity contribution is 7.12. The molecule has 0 aromatic carbocycles. The van der Waals surface area contributed by atoms with Gasteiger partial charge in [-0.3, -0.25) is 0 Å². The van der Waals surface area contributed by atoms with Crippen molar-refractivity contribution >= 4 is 11.3 Å². The number of aryl methyl sites for hydroxylation is 1. The zero-order valence-electron chi connectivity index (χ0n) is 11.3. The van der Waals surface area contributed by atoms with E-state index in [1.807, 2.05) is 18.4 Å². The molecule has 18 heavy (non-hydrogen) atoms. The lowest BCUT2D eigenvalue weighted by molar-refractivity contribution is -0.0780. The minimum atomic E-state index is -0.0429. The van der Waals surface area contributed by atoms with Crippen LogP contribution in [0.15, 0.2) is 0 Å². The largest absolute Gasteiger partial charge is 0.371 e. The fourth-order valence-electron chi connectivity index (χ4n) is 3.06. The molecule has 0 bridgehead atoms. The van der Waals surface area contributed by atoms with Gasteiger partial charge >= 0.3 is 0 Å². The first-order chi connectivity index (χ1) is 8.79. The molecule has 2 aliphatic carbocycles. The molecule has 1 N–H and O–H groups in total. The summed E-state index contributed by atoms with van der Waals surface area (Å²) in [4.78, 5) is 6.38. The number of ether oxygens (including phenoxy) is 1. The molecular weight excluding hydrogens is 244 g/mol. The predicted octanol–water partition coefficient (Wildman–Crippen LogP) is 3.16. The minimum Gasteiger partial charge on any atom is -0.371 e. The second kappa shape index (κ2) is 4.91. The van der Waals surface area contributed by atoms with Crippen LogP contribution in [-0.2, 0) is 16.8 Å². The third-order valence-corrected chi connectivity index (χ3v) is 5.74. The van der Waals surface area contributed by atoms with Gasteiger partial charge in [0.05, 0.1) is 5.69 Å². The van der Waals surface area contributed by atoms with Gasteiger partial charge in [-0.05, 0) is 45.1 Å². The minimum absolute atomic E-state index is 0.0429. The van der Waals surface area contributed by atoms with E-state index < -0.39 is 0 Å². The molecule has 0 amide bonds. The average Bonchev–Trinajstić information content (AvgIpc) is 2.74. The standard InChI is InChI=1S/C14H22N2OS/c1-3-15-10-6-4-7-11-12(10)18-13(16-11)14(17-2)8-5-9-14/h10,15H,3-9H2,1-2H3. The number of aromatic nitrogens is 1. The predicted molar refractivity (Wildman–Crippen MR) is 74.0 cm³/mol. The van der Waals surface area contributed by atoms with Gasteiger partial charge in [0.1, 0.15) is 10.6 Å². The van der Waals surface area contributed by atoms with E-state index in [9.17, 15) is 0 Å². The Kier molecular flexibility index (Phi) is 3.43. The number of nitrogens with one attached hydrogen (secondary N) is 1. The Hall–Kier alpha value is -0.450. The molecule has 1 fully saturated rings. The van der Waals surface area contributed by atoms with E-state index in [0.717, 1.165) is 25.8 Å². The second-order valence-corrected chi connectivity index (χ2v) is 6.42. The Morgan fingerprint density at radius 2 is 2.28 bits per heavy atom. The SMILES string of the molecule is CCNC1CCCc2nc(C3(OC)CCC3)sc21. The fraction of sp³-hybridized carbons (Fsp3) is 0.786. The second-order valence-electron chi connectivity index (χ2n) is 5.38. The molecule has 2 aliphatic rings. The number of hydrogen-bond acceptors (Lipinski definition) is 4. The van der Waals surface area contributed by atoms with Crippen molar-refractivity contribution < 1.29 is 4.74 Å². The van der Waals surface area contributed by atoms with Crippen molar-refractivity contribution in [3.05, 3.63) is 15.6 Å². The van der Waals surface area contributed by atoms with Crippen molar-refractivity contribution in [1.29, 1.82) is 0 Å². The Balaban J connectivity index is 1.91. The number of fused-ring (bicyclic) bond motifs is 1. The van der Waals surface area contributed by atoms with Crippen LogP contribution in [0, 0.1) is 0 Å². The Morgan fingerprint density at radius 1 is 1.44 bits per heavy atom. The van der Waals surface area contributed by atoms with Gasteiger partial charge in [-0.25, -0.2) is 4.98 Å². The van der Waals surface area contributed by atoms with E-state index in [2.05, 4.69) is 12.2 Å². The van der Waals surface area contributed by atoms with Gasteiger partial charge in [0.25, 0.3) is 0 Å². The maximum absolute atomic E-state index is 5.76. The van der Waals surface area contributed by atoms with Crippen LogP contribution in [0.4, 0.5) is 0 Å². The van der Waals surface area contributed by atoms with Gasteiger partial charge in [-0.15, -0.1) is 11.3 Å². The number of nitrogens with zero attached hydrogens (tertiary/aromatic N) is 1. The Bertz CT molecular complexity index is 420. The molecule has 3 rings (SSSR count). The van der Waals surface area contributed by atoms with Crippen LogP contribution in [0.2, 0.25) is 0 Å². The summed E-state index contributed by atoms with van der Waals surface area (Å²) in [5, 5.41) is 4.82. The van der Waals surface area contributed by atoms with E-state index in [1.54, 1.807) is 0 Å².